The fraction of sp³-hybridized carbons (Fsp3) is 0.679. The highest BCUT2D eigenvalue weighted by molar-refractivity contribution is 7.99. The maximum absolute atomic E-state index is 14.1. The average molecular weight is 513 g/mol. The molecule has 0 aromatic carbocycles. The minimum atomic E-state index is -1.07. The number of fused-ring (bicyclic) bond motifs is 7. The van der Waals surface area contributed by atoms with Crippen molar-refractivity contribution in [3.8, 4) is 0 Å². The topological polar surface area (TPSA) is 102 Å². The summed E-state index contributed by atoms with van der Waals surface area (Å²) in [6.07, 6.45) is 12.2. The predicted molar refractivity (Wildman–Crippen MR) is 135 cm³/mol. The van der Waals surface area contributed by atoms with Crippen molar-refractivity contribution >= 4 is 23.3 Å². The molecule has 1 aromatic heterocycles. The second-order valence-electron chi connectivity index (χ2n) is 11.8. The predicted octanol–water partition coefficient (Wildman–Crippen LogP) is 4.24. The summed E-state index contributed by atoms with van der Waals surface area (Å²) in [7, 11) is 0. The van der Waals surface area contributed by atoms with Gasteiger partial charge in [-0.15, -0.1) is 0 Å². The molecule has 4 aliphatic carbocycles. The third kappa shape index (κ3) is 3.33. The number of ether oxygens (including phenoxy) is 2. The quantitative estimate of drug-likeness (QED) is 0.550. The van der Waals surface area contributed by atoms with E-state index in [0.717, 1.165) is 37.7 Å². The van der Waals surface area contributed by atoms with Gasteiger partial charge in [-0.05, 0) is 56.1 Å². The largest absolute Gasteiger partial charge is 0.393 e. The zero-order valence-electron chi connectivity index (χ0n) is 21.2. The minimum Gasteiger partial charge on any atom is -0.393 e. The molecule has 5 aliphatic rings. The molecule has 194 valence electrons. The molecule has 0 amide bonds. The lowest BCUT2D eigenvalue weighted by Gasteiger charge is -2.59. The molecular weight excluding hydrogens is 476 g/mol. The number of hydrogen-bond acceptors (Lipinski definition) is 7. The average Bonchev–Trinajstić information content (AvgIpc) is 3.53. The van der Waals surface area contributed by atoms with E-state index < -0.39 is 23.4 Å². The number of nitrogens with one attached hydrogen (secondary N) is 1. The number of rotatable bonds is 6. The van der Waals surface area contributed by atoms with E-state index in [0.29, 0.717) is 11.6 Å². The molecule has 1 aromatic rings. The minimum absolute atomic E-state index is 0.00911. The number of allylic oxidation sites excluding steroid dienone is 4. The van der Waals surface area contributed by atoms with E-state index in [2.05, 4.69) is 30.7 Å². The van der Waals surface area contributed by atoms with Crippen LogP contribution in [-0.4, -0.2) is 56.5 Å². The molecule has 4 fully saturated rings. The molecule has 2 heterocycles. The van der Waals surface area contributed by atoms with Crippen molar-refractivity contribution in [3.63, 3.8) is 0 Å². The summed E-state index contributed by atoms with van der Waals surface area (Å²) >= 11 is 1.39. The Bertz CT molecular complexity index is 1120. The van der Waals surface area contributed by atoms with Crippen LogP contribution in [0.3, 0.4) is 0 Å². The number of nitrogens with zero attached hydrogens (tertiary/aromatic N) is 1. The summed E-state index contributed by atoms with van der Waals surface area (Å²) in [4.78, 5) is 33.6. The van der Waals surface area contributed by atoms with Crippen LogP contribution in [0, 0.1) is 28.6 Å². The molecule has 1 saturated heterocycles. The highest BCUT2D eigenvalue weighted by Crippen LogP contribution is 2.69. The zero-order chi connectivity index (χ0) is 25.3. The number of Topliss-reactive ketones (excluding diaryl/α,β-unsaturated/α-hetero) is 1. The van der Waals surface area contributed by atoms with Gasteiger partial charge in [0.25, 0.3) is 0 Å². The molecule has 5 unspecified atom stereocenters. The smallest absolute Gasteiger partial charge is 0.178 e. The van der Waals surface area contributed by atoms with E-state index in [4.69, 9.17) is 9.47 Å². The second-order valence-corrected chi connectivity index (χ2v) is 12.7. The number of aliphatic hydroxyl groups excluding tert-OH is 1. The summed E-state index contributed by atoms with van der Waals surface area (Å²) in [6.45, 7) is 6.43. The number of aliphatic hydroxyl groups is 1. The lowest BCUT2D eigenvalue weighted by Crippen LogP contribution is -2.63. The standard InChI is InChI=1S/C28H36N2O5S/c1-4-5-23-34-22-13-19-18-7-6-16-12-17(31)8-9-26(16,2)24(18)20(32)14-27(19,3)28(22,35-23)21(33)15-36-25-29-10-11-30-25/h8-12,18-20,22-24,32H,4-7,13-15H2,1-3H3,(H,29,30)/t18?,19?,20-,22+,23+,24?,26?,27?,28+/m0/s1. The van der Waals surface area contributed by atoms with Crippen LogP contribution in [0.15, 0.2) is 41.4 Å². The summed E-state index contributed by atoms with van der Waals surface area (Å²) < 4.78 is 13.2. The Labute approximate surface area is 216 Å². The number of imidazole rings is 1. The SMILES string of the molecule is CCC[C@@H]1O[C@@H]2CC3C4CCC5=CC(=O)C=CC5(C)C4[C@@H](O)CC3(C)[C@]2(C(=O)CSc2ncc[nH]2)O1. The van der Waals surface area contributed by atoms with E-state index in [9.17, 15) is 14.7 Å². The van der Waals surface area contributed by atoms with Gasteiger partial charge in [-0.3, -0.25) is 9.59 Å². The Hall–Kier alpha value is -1.74. The van der Waals surface area contributed by atoms with Gasteiger partial charge in [-0.25, -0.2) is 4.98 Å². The number of thioether (sulfide) groups is 1. The molecule has 0 radical (unpaired) electrons. The molecule has 0 bridgehead atoms. The molecule has 2 N–H and O–H groups in total. The summed E-state index contributed by atoms with van der Waals surface area (Å²) in [5.41, 5.74) is -0.812. The first-order valence-corrected chi connectivity index (χ1v) is 14.3. The number of aromatic amines is 1. The Morgan fingerprint density at radius 2 is 2.19 bits per heavy atom. The highest BCUT2D eigenvalue weighted by Gasteiger charge is 2.75. The van der Waals surface area contributed by atoms with Crippen molar-refractivity contribution in [3.05, 3.63) is 36.2 Å². The second kappa shape index (κ2) is 8.65. The van der Waals surface area contributed by atoms with Gasteiger partial charge in [0, 0.05) is 29.1 Å². The van der Waals surface area contributed by atoms with Crippen molar-refractivity contribution in [2.45, 2.75) is 88.6 Å². The number of aromatic nitrogens is 2. The lowest BCUT2D eigenvalue weighted by atomic mass is 9.46. The van der Waals surface area contributed by atoms with Gasteiger partial charge in [0.15, 0.2) is 28.6 Å². The van der Waals surface area contributed by atoms with E-state index in [1.54, 1.807) is 24.5 Å². The summed E-state index contributed by atoms with van der Waals surface area (Å²) in [6, 6.07) is 0. The lowest BCUT2D eigenvalue weighted by molar-refractivity contribution is -0.197. The van der Waals surface area contributed by atoms with Crippen molar-refractivity contribution in [2.24, 2.45) is 28.6 Å². The Balaban J connectivity index is 1.36. The van der Waals surface area contributed by atoms with Crippen LogP contribution in [-0.2, 0) is 19.1 Å². The van der Waals surface area contributed by atoms with Gasteiger partial charge in [0.1, 0.15) is 0 Å². The highest BCUT2D eigenvalue weighted by atomic mass is 32.2. The third-order valence-corrected chi connectivity index (χ3v) is 10.9. The van der Waals surface area contributed by atoms with E-state index in [1.165, 1.54) is 11.8 Å². The van der Waals surface area contributed by atoms with E-state index >= 15 is 0 Å². The van der Waals surface area contributed by atoms with Crippen LogP contribution in [0.5, 0.6) is 0 Å². The Kier molecular flexibility index (Phi) is 5.91. The molecule has 9 atom stereocenters. The number of hydrogen-bond donors (Lipinski definition) is 2. The Morgan fingerprint density at radius 1 is 1.36 bits per heavy atom. The van der Waals surface area contributed by atoms with Gasteiger partial charge in [-0.1, -0.05) is 50.6 Å². The van der Waals surface area contributed by atoms with Crippen LogP contribution >= 0.6 is 11.8 Å². The van der Waals surface area contributed by atoms with E-state index in [-0.39, 0.29) is 46.6 Å². The van der Waals surface area contributed by atoms with Crippen LogP contribution in [0.1, 0.15) is 59.3 Å². The van der Waals surface area contributed by atoms with Gasteiger partial charge >= 0.3 is 0 Å². The fourth-order valence-electron chi connectivity index (χ4n) is 8.58. The zero-order valence-corrected chi connectivity index (χ0v) is 22.1. The van der Waals surface area contributed by atoms with Crippen molar-refractivity contribution < 1.29 is 24.2 Å². The van der Waals surface area contributed by atoms with Gasteiger partial charge < -0.3 is 19.6 Å². The van der Waals surface area contributed by atoms with Crippen LogP contribution in [0.25, 0.3) is 0 Å². The number of ketones is 2. The molecule has 1 aliphatic heterocycles. The first kappa shape index (κ1) is 24.6. The number of carbonyl (C=O) groups is 2. The van der Waals surface area contributed by atoms with Gasteiger partial charge in [0.05, 0.1) is 18.0 Å². The molecule has 0 spiro atoms. The summed E-state index contributed by atoms with van der Waals surface area (Å²) in [5, 5.41) is 12.5. The fourth-order valence-corrected chi connectivity index (χ4v) is 9.35. The number of carbonyl (C=O) groups excluding carboxylic acids is 2. The first-order valence-electron chi connectivity index (χ1n) is 13.3. The van der Waals surface area contributed by atoms with E-state index in [1.807, 2.05) is 6.08 Å². The van der Waals surface area contributed by atoms with Crippen molar-refractivity contribution in [1.29, 1.82) is 0 Å². The maximum Gasteiger partial charge on any atom is 0.178 e. The molecular formula is C28H36N2O5S. The molecule has 6 rings (SSSR count). The molecule has 3 saturated carbocycles. The third-order valence-electron chi connectivity index (χ3n) is 10.0. The van der Waals surface area contributed by atoms with Crippen LogP contribution in [0.4, 0.5) is 0 Å². The molecule has 36 heavy (non-hydrogen) atoms. The van der Waals surface area contributed by atoms with Gasteiger partial charge in [0.2, 0.25) is 0 Å². The summed E-state index contributed by atoms with van der Waals surface area (Å²) in [5.74, 6) is 0.746. The first-order chi connectivity index (χ1) is 17.2. The monoisotopic (exact) mass is 512 g/mol. The number of H-pyrrole nitrogens is 1. The molecule has 8 heteroatoms. The van der Waals surface area contributed by atoms with Crippen LogP contribution < -0.4 is 0 Å². The van der Waals surface area contributed by atoms with Crippen molar-refractivity contribution in [2.75, 3.05) is 5.75 Å². The maximum atomic E-state index is 14.1. The van der Waals surface area contributed by atoms with Crippen LogP contribution in [0.2, 0.25) is 0 Å². The Morgan fingerprint density at radius 3 is 2.94 bits per heavy atom. The normalized spacial score (nSPS) is 45.0. The van der Waals surface area contributed by atoms with Gasteiger partial charge in [-0.2, -0.15) is 0 Å². The van der Waals surface area contributed by atoms with Crippen molar-refractivity contribution in [1.82, 2.24) is 9.97 Å². The molecule has 7 nitrogen and oxygen atoms in total.